The predicted octanol–water partition coefficient (Wildman–Crippen LogP) is 3.68. The molecule has 30 heavy (non-hydrogen) atoms. The molecule has 7 nitrogen and oxygen atoms in total. The maximum Gasteiger partial charge on any atom is 0.278 e. The van der Waals surface area contributed by atoms with Crippen LogP contribution in [0.1, 0.15) is 31.6 Å². The summed E-state index contributed by atoms with van der Waals surface area (Å²) < 4.78 is 10.6. The second-order valence-corrected chi connectivity index (χ2v) is 7.78. The van der Waals surface area contributed by atoms with Crippen molar-refractivity contribution in [2.45, 2.75) is 32.9 Å². The maximum absolute atomic E-state index is 13.0. The summed E-state index contributed by atoms with van der Waals surface area (Å²) in [5, 5.41) is 3.41. The van der Waals surface area contributed by atoms with Crippen molar-refractivity contribution in [3.05, 3.63) is 59.7 Å². The zero-order valence-electron chi connectivity index (χ0n) is 17.3. The van der Waals surface area contributed by atoms with Crippen molar-refractivity contribution in [1.82, 2.24) is 10.2 Å². The van der Waals surface area contributed by atoms with E-state index in [0.717, 1.165) is 17.7 Å². The quantitative estimate of drug-likeness (QED) is 0.650. The number of carbonyl (C=O) groups excluding carboxylic acids is 2. The van der Waals surface area contributed by atoms with Gasteiger partial charge in [-0.3, -0.25) is 14.5 Å². The number of methoxy groups -OCH3 is 1. The van der Waals surface area contributed by atoms with Crippen LogP contribution in [0, 0.1) is 0 Å². The highest BCUT2D eigenvalue weighted by molar-refractivity contribution is 8.14. The molecule has 3 rings (SSSR count). The van der Waals surface area contributed by atoms with Crippen LogP contribution in [0.5, 0.6) is 5.75 Å². The first-order valence-corrected chi connectivity index (χ1v) is 10.7. The van der Waals surface area contributed by atoms with Crippen molar-refractivity contribution in [1.29, 1.82) is 0 Å². The SMILES string of the molecule is CC[C@@H](C)NC(=O)CSC1=N/C(=C\c2ccc(OC)cc2)C(=O)N1Cc1ccco1. The topological polar surface area (TPSA) is 84.1 Å². The van der Waals surface area contributed by atoms with Crippen molar-refractivity contribution in [2.24, 2.45) is 4.99 Å². The molecule has 1 atom stereocenters. The van der Waals surface area contributed by atoms with Gasteiger partial charge < -0.3 is 14.5 Å². The summed E-state index contributed by atoms with van der Waals surface area (Å²) in [6.45, 7) is 4.22. The number of furan rings is 1. The summed E-state index contributed by atoms with van der Waals surface area (Å²) in [4.78, 5) is 31.2. The minimum Gasteiger partial charge on any atom is -0.497 e. The van der Waals surface area contributed by atoms with Crippen molar-refractivity contribution in [3.8, 4) is 5.75 Å². The van der Waals surface area contributed by atoms with E-state index in [1.807, 2.05) is 38.1 Å². The molecule has 2 amide bonds. The molecular weight excluding hydrogens is 402 g/mol. The van der Waals surface area contributed by atoms with Crippen LogP contribution in [-0.2, 0) is 16.1 Å². The van der Waals surface area contributed by atoms with E-state index in [1.54, 1.807) is 31.6 Å². The third kappa shape index (κ3) is 5.54. The molecule has 1 aliphatic heterocycles. The lowest BCUT2D eigenvalue weighted by molar-refractivity contribution is -0.123. The van der Waals surface area contributed by atoms with E-state index >= 15 is 0 Å². The standard InChI is InChI=1S/C22H25N3O4S/c1-4-15(2)23-20(26)14-30-22-24-19(12-16-7-9-17(28-3)10-8-16)21(27)25(22)13-18-6-5-11-29-18/h5-12,15H,4,13-14H2,1-3H3,(H,23,26)/b19-12-/t15-/m1/s1. The van der Waals surface area contributed by atoms with Crippen LogP contribution >= 0.6 is 11.8 Å². The van der Waals surface area contributed by atoms with Crippen LogP contribution in [-0.4, -0.2) is 40.8 Å². The van der Waals surface area contributed by atoms with Crippen LogP contribution in [0.2, 0.25) is 0 Å². The molecule has 158 valence electrons. The lowest BCUT2D eigenvalue weighted by atomic mass is 10.2. The number of thioether (sulfide) groups is 1. The number of rotatable bonds is 8. The summed E-state index contributed by atoms with van der Waals surface area (Å²) in [6.07, 6.45) is 4.15. The highest BCUT2D eigenvalue weighted by Crippen LogP contribution is 2.26. The second-order valence-electron chi connectivity index (χ2n) is 6.83. The Balaban J connectivity index is 1.78. The van der Waals surface area contributed by atoms with E-state index in [4.69, 9.17) is 9.15 Å². The van der Waals surface area contributed by atoms with E-state index in [1.165, 1.54) is 16.7 Å². The third-order valence-electron chi connectivity index (χ3n) is 4.58. The molecule has 0 saturated carbocycles. The molecule has 0 fully saturated rings. The summed E-state index contributed by atoms with van der Waals surface area (Å²) >= 11 is 1.24. The summed E-state index contributed by atoms with van der Waals surface area (Å²) in [5.74, 6) is 1.25. The number of hydrogen-bond acceptors (Lipinski definition) is 6. The Morgan fingerprint density at radius 1 is 1.33 bits per heavy atom. The number of ether oxygens (including phenoxy) is 1. The average Bonchev–Trinajstić information content (AvgIpc) is 3.36. The third-order valence-corrected chi connectivity index (χ3v) is 5.55. The Morgan fingerprint density at radius 2 is 2.10 bits per heavy atom. The Bertz CT molecular complexity index is 936. The summed E-state index contributed by atoms with van der Waals surface area (Å²) in [7, 11) is 1.60. The van der Waals surface area contributed by atoms with Gasteiger partial charge in [0.25, 0.3) is 5.91 Å². The minimum atomic E-state index is -0.230. The number of hydrogen-bond donors (Lipinski definition) is 1. The van der Waals surface area contributed by atoms with Gasteiger partial charge in [0.15, 0.2) is 5.17 Å². The van der Waals surface area contributed by atoms with Crippen molar-refractivity contribution >= 4 is 34.8 Å². The van der Waals surface area contributed by atoms with Gasteiger partial charge in [0.2, 0.25) is 5.91 Å². The van der Waals surface area contributed by atoms with E-state index in [9.17, 15) is 9.59 Å². The monoisotopic (exact) mass is 427 g/mol. The molecule has 0 spiro atoms. The van der Waals surface area contributed by atoms with Gasteiger partial charge in [-0.25, -0.2) is 4.99 Å². The molecule has 2 heterocycles. The van der Waals surface area contributed by atoms with Gasteiger partial charge in [0.1, 0.15) is 17.2 Å². The fourth-order valence-corrected chi connectivity index (χ4v) is 3.55. The van der Waals surface area contributed by atoms with Crippen molar-refractivity contribution in [3.63, 3.8) is 0 Å². The van der Waals surface area contributed by atoms with Gasteiger partial charge in [-0.1, -0.05) is 30.8 Å². The molecule has 2 aromatic rings. The van der Waals surface area contributed by atoms with Crippen LogP contribution in [0.15, 0.2) is 57.8 Å². The van der Waals surface area contributed by atoms with Gasteiger partial charge in [-0.15, -0.1) is 0 Å². The minimum absolute atomic E-state index is 0.0879. The maximum atomic E-state index is 13.0. The normalized spacial score (nSPS) is 16.0. The largest absolute Gasteiger partial charge is 0.497 e. The fourth-order valence-electron chi connectivity index (χ4n) is 2.75. The van der Waals surface area contributed by atoms with Crippen LogP contribution in [0.25, 0.3) is 6.08 Å². The lowest BCUT2D eigenvalue weighted by Crippen LogP contribution is -2.35. The molecule has 0 radical (unpaired) electrons. The van der Waals surface area contributed by atoms with E-state index in [2.05, 4.69) is 10.3 Å². The van der Waals surface area contributed by atoms with Crippen LogP contribution in [0.3, 0.4) is 0 Å². The molecule has 1 aromatic heterocycles. The van der Waals surface area contributed by atoms with Gasteiger partial charge >= 0.3 is 0 Å². The molecular formula is C22H25N3O4S. The number of carbonyl (C=O) groups is 2. The zero-order chi connectivity index (χ0) is 21.5. The molecule has 0 unspecified atom stereocenters. The Morgan fingerprint density at radius 3 is 2.73 bits per heavy atom. The molecule has 1 N–H and O–H groups in total. The highest BCUT2D eigenvalue weighted by Gasteiger charge is 2.31. The van der Waals surface area contributed by atoms with Gasteiger partial charge in [0.05, 0.1) is 25.7 Å². The van der Waals surface area contributed by atoms with Crippen molar-refractivity contribution in [2.75, 3.05) is 12.9 Å². The molecule has 8 heteroatoms. The predicted molar refractivity (Wildman–Crippen MR) is 118 cm³/mol. The molecule has 1 aliphatic rings. The first-order valence-electron chi connectivity index (χ1n) is 9.71. The Kier molecular flexibility index (Phi) is 7.35. The summed E-state index contributed by atoms with van der Waals surface area (Å²) in [5.41, 5.74) is 1.15. The molecule has 0 aliphatic carbocycles. The number of amides is 2. The highest BCUT2D eigenvalue weighted by atomic mass is 32.2. The molecule has 0 bridgehead atoms. The Labute approximate surface area is 180 Å². The van der Waals surface area contributed by atoms with Gasteiger partial charge in [-0.2, -0.15) is 0 Å². The summed E-state index contributed by atoms with van der Waals surface area (Å²) in [6, 6.07) is 11.0. The van der Waals surface area contributed by atoms with Crippen LogP contribution < -0.4 is 10.1 Å². The fraction of sp³-hybridized carbons (Fsp3) is 0.318. The molecule has 0 saturated heterocycles. The van der Waals surface area contributed by atoms with E-state index < -0.39 is 0 Å². The number of nitrogens with one attached hydrogen (secondary N) is 1. The van der Waals surface area contributed by atoms with Gasteiger partial charge in [0, 0.05) is 6.04 Å². The van der Waals surface area contributed by atoms with E-state index in [-0.39, 0.29) is 30.2 Å². The number of nitrogens with zero attached hydrogens (tertiary/aromatic N) is 2. The number of benzene rings is 1. The van der Waals surface area contributed by atoms with E-state index in [0.29, 0.717) is 16.6 Å². The Hall–Kier alpha value is -3.00. The first kappa shape index (κ1) is 21.7. The number of amidine groups is 1. The zero-order valence-corrected chi connectivity index (χ0v) is 18.1. The van der Waals surface area contributed by atoms with Crippen molar-refractivity contribution < 1.29 is 18.7 Å². The number of aliphatic imine (C=N–C) groups is 1. The second kappa shape index (κ2) is 10.2. The van der Waals surface area contributed by atoms with Gasteiger partial charge in [-0.05, 0) is 49.2 Å². The molecule has 1 aromatic carbocycles. The first-order chi connectivity index (χ1) is 14.5. The smallest absolute Gasteiger partial charge is 0.278 e. The average molecular weight is 428 g/mol. The van der Waals surface area contributed by atoms with Crippen LogP contribution in [0.4, 0.5) is 0 Å². The lowest BCUT2D eigenvalue weighted by Gasteiger charge is -2.16.